The molecule has 0 aliphatic carbocycles. The molecule has 0 spiro atoms. The zero-order chi connectivity index (χ0) is 31.9. The van der Waals surface area contributed by atoms with E-state index in [-0.39, 0.29) is 5.54 Å². The van der Waals surface area contributed by atoms with E-state index in [9.17, 15) is 0 Å². The molecule has 1 aliphatic rings. The van der Waals surface area contributed by atoms with Crippen LogP contribution in [0.15, 0.2) is 132 Å². The molecule has 0 atom stereocenters. The summed E-state index contributed by atoms with van der Waals surface area (Å²) in [4.78, 5) is 18.0. The van der Waals surface area contributed by atoms with Gasteiger partial charge in [-0.1, -0.05) is 109 Å². The van der Waals surface area contributed by atoms with Gasteiger partial charge in [-0.05, 0) is 68.1 Å². The summed E-state index contributed by atoms with van der Waals surface area (Å²) in [7, 11) is 0. The number of nitrogens with zero attached hydrogens (tertiary/aromatic N) is 5. The Morgan fingerprint density at radius 2 is 1.15 bits per heavy atom. The Bertz CT molecular complexity index is 2460. The normalized spacial score (nSPS) is 15.1. The lowest BCUT2D eigenvalue weighted by atomic mass is 9.82. The Balaban J connectivity index is 1.26. The predicted molar refractivity (Wildman–Crippen MR) is 191 cm³/mol. The highest BCUT2D eigenvalue weighted by atomic mass is 16.3. The Morgan fingerprint density at radius 1 is 0.553 bits per heavy atom. The van der Waals surface area contributed by atoms with E-state index in [4.69, 9.17) is 19.4 Å². The van der Waals surface area contributed by atoms with Gasteiger partial charge in [-0.3, -0.25) is 4.90 Å². The summed E-state index contributed by atoms with van der Waals surface area (Å²) in [5, 5.41) is 1.91. The Labute approximate surface area is 273 Å². The monoisotopic (exact) mass is 611 g/mol. The molecule has 0 unspecified atom stereocenters. The van der Waals surface area contributed by atoms with Crippen LogP contribution in [0.5, 0.6) is 0 Å². The first-order chi connectivity index (χ1) is 22.8. The van der Waals surface area contributed by atoms with Gasteiger partial charge >= 0.3 is 0 Å². The summed E-state index contributed by atoms with van der Waals surface area (Å²) in [6.45, 7) is 9.02. The SMILES string of the molecule is CC1(C)N(c2nc(-c3ccc(-c4ccccc4)cc3)c3c(n2)oc2ccccc23)c2nc3cc(-c4ccccc4)ccc3n2C1(C)C. The summed E-state index contributed by atoms with van der Waals surface area (Å²) in [5.74, 6) is 1.38. The molecule has 3 aromatic heterocycles. The van der Waals surface area contributed by atoms with Gasteiger partial charge in [0.05, 0.1) is 33.2 Å². The third-order valence-corrected chi connectivity index (χ3v) is 10.3. The highest BCUT2D eigenvalue weighted by Crippen LogP contribution is 2.51. The zero-order valence-corrected chi connectivity index (χ0v) is 26.8. The molecule has 5 aromatic carbocycles. The highest BCUT2D eigenvalue weighted by molar-refractivity contribution is 6.10. The first kappa shape index (κ1) is 27.6. The van der Waals surface area contributed by atoms with E-state index in [1.807, 2.05) is 30.3 Å². The molecule has 0 N–H and O–H groups in total. The molecule has 0 saturated heterocycles. The van der Waals surface area contributed by atoms with Crippen molar-refractivity contribution < 1.29 is 4.42 Å². The number of para-hydroxylation sites is 1. The number of furan rings is 1. The summed E-state index contributed by atoms with van der Waals surface area (Å²) in [5.41, 5.74) is 9.10. The van der Waals surface area contributed by atoms with Crippen molar-refractivity contribution in [1.82, 2.24) is 19.5 Å². The second-order valence-corrected chi connectivity index (χ2v) is 13.4. The van der Waals surface area contributed by atoms with Crippen molar-refractivity contribution in [2.24, 2.45) is 0 Å². The first-order valence-electron chi connectivity index (χ1n) is 16.0. The number of imidazole rings is 1. The number of anilines is 2. The zero-order valence-electron chi connectivity index (χ0n) is 26.8. The summed E-state index contributed by atoms with van der Waals surface area (Å²) < 4.78 is 8.78. The van der Waals surface area contributed by atoms with Gasteiger partial charge in [0.15, 0.2) is 0 Å². The number of hydrogen-bond donors (Lipinski definition) is 0. The summed E-state index contributed by atoms with van der Waals surface area (Å²) in [6, 6.07) is 44.2. The van der Waals surface area contributed by atoms with Crippen molar-refractivity contribution in [3.05, 3.63) is 127 Å². The summed E-state index contributed by atoms with van der Waals surface area (Å²) >= 11 is 0. The van der Waals surface area contributed by atoms with Crippen LogP contribution in [0.4, 0.5) is 11.9 Å². The van der Waals surface area contributed by atoms with Gasteiger partial charge in [-0.15, -0.1) is 0 Å². The fourth-order valence-corrected chi connectivity index (χ4v) is 7.09. The fraction of sp³-hybridized carbons (Fsp3) is 0.146. The maximum absolute atomic E-state index is 6.43. The van der Waals surface area contributed by atoms with Crippen LogP contribution < -0.4 is 4.90 Å². The third kappa shape index (κ3) is 4.01. The van der Waals surface area contributed by atoms with E-state index in [0.717, 1.165) is 55.7 Å². The van der Waals surface area contributed by atoms with Crippen LogP contribution in [0.25, 0.3) is 66.6 Å². The minimum atomic E-state index is -0.421. The molecule has 4 heterocycles. The molecule has 0 amide bonds. The average Bonchev–Trinajstić information content (AvgIpc) is 3.71. The standard InChI is InChI=1S/C41H33N5O/c1-40(2)41(3,4)46(39-42-32-25-30(23-24-33(32)45(39)40)27-15-9-6-10-16-27)38-43-36(35-31-17-11-12-18-34(31)47-37(35)44-38)29-21-19-28(20-22-29)26-13-7-5-8-14-26/h5-25H,1-4H3. The van der Waals surface area contributed by atoms with Gasteiger partial charge in [0.2, 0.25) is 17.6 Å². The number of benzene rings is 5. The number of aromatic nitrogens is 4. The van der Waals surface area contributed by atoms with Crippen LogP contribution in [-0.4, -0.2) is 25.1 Å². The smallest absolute Gasteiger partial charge is 0.236 e. The van der Waals surface area contributed by atoms with Crippen molar-refractivity contribution >= 4 is 45.0 Å². The highest BCUT2D eigenvalue weighted by Gasteiger charge is 2.54. The second kappa shape index (κ2) is 9.87. The third-order valence-electron chi connectivity index (χ3n) is 10.3. The Hall–Kier alpha value is -5.75. The summed E-state index contributed by atoms with van der Waals surface area (Å²) in [6.07, 6.45) is 0. The quantitative estimate of drug-likeness (QED) is 0.198. The molecule has 47 heavy (non-hydrogen) atoms. The Kier molecular flexibility index (Phi) is 5.79. The minimum absolute atomic E-state index is 0.338. The van der Waals surface area contributed by atoms with Crippen LogP contribution in [0, 0.1) is 0 Å². The van der Waals surface area contributed by atoms with Gasteiger partial charge in [0, 0.05) is 10.9 Å². The van der Waals surface area contributed by atoms with Gasteiger partial charge < -0.3 is 8.98 Å². The molecular weight excluding hydrogens is 578 g/mol. The van der Waals surface area contributed by atoms with E-state index in [0.29, 0.717) is 11.7 Å². The number of hydrogen-bond acceptors (Lipinski definition) is 5. The molecule has 0 bridgehead atoms. The molecule has 6 nitrogen and oxygen atoms in total. The maximum atomic E-state index is 6.43. The van der Waals surface area contributed by atoms with E-state index in [2.05, 4.69) is 134 Å². The topological polar surface area (TPSA) is 60.0 Å². The number of fused-ring (bicyclic) bond motifs is 6. The van der Waals surface area contributed by atoms with Gasteiger partial charge in [0.25, 0.3) is 0 Å². The molecule has 0 saturated carbocycles. The van der Waals surface area contributed by atoms with Gasteiger partial charge in [0.1, 0.15) is 5.58 Å². The van der Waals surface area contributed by atoms with Crippen LogP contribution in [0.1, 0.15) is 27.7 Å². The van der Waals surface area contributed by atoms with Crippen LogP contribution >= 0.6 is 0 Å². The van der Waals surface area contributed by atoms with Crippen LogP contribution in [0.2, 0.25) is 0 Å². The van der Waals surface area contributed by atoms with E-state index >= 15 is 0 Å². The fourth-order valence-electron chi connectivity index (χ4n) is 7.09. The molecule has 9 rings (SSSR count). The lowest BCUT2D eigenvalue weighted by Crippen LogP contribution is -2.51. The first-order valence-corrected chi connectivity index (χ1v) is 16.0. The lowest BCUT2D eigenvalue weighted by Gasteiger charge is -2.40. The maximum Gasteiger partial charge on any atom is 0.236 e. The second-order valence-electron chi connectivity index (χ2n) is 13.4. The largest absolute Gasteiger partial charge is 0.437 e. The molecule has 0 radical (unpaired) electrons. The average molecular weight is 612 g/mol. The van der Waals surface area contributed by atoms with E-state index < -0.39 is 5.54 Å². The lowest BCUT2D eigenvalue weighted by molar-refractivity contribution is 0.251. The predicted octanol–water partition coefficient (Wildman–Crippen LogP) is 10.4. The van der Waals surface area contributed by atoms with Gasteiger partial charge in [-0.25, -0.2) is 9.97 Å². The van der Waals surface area contributed by atoms with Crippen LogP contribution in [0.3, 0.4) is 0 Å². The molecular formula is C41H33N5O. The molecule has 8 aromatic rings. The van der Waals surface area contributed by atoms with Crippen molar-refractivity contribution in [1.29, 1.82) is 0 Å². The van der Waals surface area contributed by atoms with E-state index in [1.165, 1.54) is 11.1 Å². The van der Waals surface area contributed by atoms with E-state index in [1.54, 1.807) is 0 Å². The van der Waals surface area contributed by atoms with Crippen LogP contribution in [-0.2, 0) is 5.54 Å². The van der Waals surface area contributed by atoms with Crippen molar-refractivity contribution in [3.8, 4) is 33.5 Å². The van der Waals surface area contributed by atoms with Gasteiger partial charge in [-0.2, -0.15) is 4.98 Å². The number of rotatable bonds is 4. The van der Waals surface area contributed by atoms with Crippen molar-refractivity contribution in [3.63, 3.8) is 0 Å². The molecule has 6 heteroatoms. The molecule has 228 valence electrons. The molecule has 0 fully saturated rings. The van der Waals surface area contributed by atoms with Crippen molar-refractivity contribution in [2.45, 2.75) is 38.8 Å². The Morgan fingerprint density at radius 3 is 1.87 bits per heavy atom. The van der Waals surface area contributed by atoms with Crippen molar-refractivity contribution in [2.75, 3.05) is 4.90 Å². The minimum Gasteiger partial charge on any atom is -0.437 e. The molecule has 1 aliphatic heterocycles.